The van der Waals surface area contributed by atoms with Crippen molar-refractivity contribution in [1.29, 1.82) is 5.26 Å². The van der Waals surface area contributed by atoms with E-state index >= 15 is 0 Å². The average Bonchev–Trinajstić information content (AvgIpc) is 2.45. The van der Waals surface area contributed by atoms with Gasteiger partial charge in [-0.05, 0) is 23.8 Å². The minimum Gasteiger partial charge on any atom is -0.366 e. The van der Waals surface area contributed by atoms with Gasteiger partial charge in [-0.2, -0.15) is 5.26 Å². The molecule has 0 aromatic carbocycles. The molecule has 2 heterocycles. The van der Waals surface area contributed by atoms with E-state index in [1.165, 1.54) is 12.1 Å². The Morgan fingerprint density at radius 3 is 2.68 bits per heavy atom. The van der Waals surface area contributed by atoms with Crippen LogP contribution in [-0.2, 0) is 6.54 Å². The minimum atomic E-state index is -0.627. The summed E-state index contributed by atoms with van der Waals surface area (Å²) in [5.74, 6) is 0.416. The number of nitro groups is 1. The van der Waals surface area contributed by atoms with E-state index in [4.69, 9.17) is 5.26 Å². The fourth-order valence-electron chi connectivity index (χ4n) is 1.47. The lowest BCUT2D eigenvalue weighted by molar-refractivity contribution is -0.385. The van der Waals surface area contributed by atoms with Crippen LogP contribution in [0.1, 0.15) is 11.3 Å². The molecule has 0 atom stereocenters. The van der Waals surface area contributed by atoms with Gasteiger partial charge in [0.25, 0.3) is 0 Å². The largest absolute Gasteiger partial charge is 0.366 e. The SMILES string of the molecule is N#Cc1nc(NCc2ccncc2)ccc1[N+](=O)[O-]. The summed E-state index contributed by atoms with van der Waals surface area (Å²) < 4.78 is 0. The highest BCUT2D eigenvalue weighted by Gasteiger charge is 2.15. The highest BCUT2D eigenvalue weighted by Crippen LogP contribution is 2.18. The van der Waals surface area contributed by atoms with Gasteiger partial charge in [-0.1, -0.05) is 0 Å². The van der Waals surface area contributed by atoms with Gasteiger partial charge in [-0.3, -0.25) is 15.1 Å². The summed E-state index contributed by atoms with van der Waals surface area (Å²) in [7, 11) is 0. The van der Waals surface area contributed by atoms with Gasteiger partial charge in [0.1, 0.15) is 11.9 Å². The Hall–Kier alpha value is -3.01. The number of anilines is 1. The second-order valence-corrected chi connectivity index (χ2v) is 3.64. The summed E-state index contributed by atoms with van der Waals surface area (Å²) in [5, 5.41) is 22.5. The number of pyridine rings is 2. The third-order valence-electron chi connectivity index (χ3n) is 2.40. The Kier molecular flexibility index (Phi) is 3.64. The van der Waals surface area contributed by atoms with Gasteiger partial charge in [-0.15, -0.1) is 0 Å². The Morgan fingerprint density at radius 2 is 2.05 bits per heavy atom. The van der Waals surface area contributed by atoms with E-state index in [2.05, 4.69) is 15.3 Å². The van der Waals surface area contributed by atoms with Crippen molar-refractivity contribution in [3.05, 3.63) is 58.0 Å². The molecule has 7 nitrogen and oxygen atoms in total. The van der Waals surface area contributed by atoms with Crippen LogP contribution in [0.5, 0.6) is 0 Å². The number of aromatic nitrogens is 2. The van der Waals surface area contributed by atoms with Crippen LogP contribution in [0, 0.1) is 21.4 Å². The predicted molar refractivity (Wildman–Crippen MR) is 67.2 cm³/mol. The summed E-state index contributed by atoms with van der Waals surface area (Å²) in [4.78, 5) is 17.8. The fourth-order valence-corrected chi connectivity index (χ4v) is 1.47. The van der Waals surface area contributed by atoms with Crippen molar-refractivity contribution in [3.63, 3.8) is 0 Å². The maximum absolute atomic E-state index is 10.7. The highest BCUT2D eigenvalue weighted by molar-refractivity contribution is 5.50. The Bertz CT molecular complexity index is 636. The molecule has 1 N–H and O–H groups in total. The monoisotopic (exact) mass is 255 g/mol. The van der Waals surface area contributed by atoms with Gasteiger partial charge >= 0.3 is 5.69 Å². The van der Waals surface area contributed by atoms with Crippen molar-refractivity contribution >= 4 is 11.5 Å². The van der Waals surface area contributed by atoms with Crippen molar-refractivity contribution < 1.29 is 4.92 Å². The smallest absolute Gasteiger partial charge is 0.305 e. The molecule has 2 aromatic rings. The lowest BCUT2D eigenvalue weighted by Gasteiger charge is -2.05. The molecule has 2 rings (SSSR count). The van der Waals surface area contributed by atoms with Gasteiger partial charge in [-0.25, -0.2) is 4.98 Å². The number of hydrogen-bond acceptors (Lipinski definition) is 6. The minimum absolute atomic E-state index is 0.204. The van der Waals surface area contributed by atoms with E-state index in [9.17, 15) is 10.1 Å². The number of rotatable bonds is 4. The van der Waals surface area contributed by atoms with Crippen LogP contribution in [0.4, 0.5) is 11.5 Å². The summed E-state index contributed by atoms with van der Waals surface area (Å²) in [6.45, 7) is 0.498. The molecule has 19 heavy (non-hydrogen) atoms. The lowest BCUT2D eigenvalue weighted by Crippen LogP contribution is -2.03. The van der Waals surface area contributed by atoms with Gasteiger partial charge in [0.15, 0.2) is 0 Å². The van der Waals surface area contributed by atoms with Gasteiger partial charge in [0, 0.05) is 25.0 Å². The zero-order chi connectivity index (χ0) is 13.7. The first-order valence-electron chi connectivity index (χ1n) is 5.39. The van der Waals surface area contributed by atoms with Crippen LogP contribution in [0.3, 0.4) is 0 Å². The summed E-state index contributed by atoms with van der Waals surface area (Å²) >= 11 is 0. The van der Waals surface area contributed by atoms with Gasteiger partial charge < -0.3 is 5.32 Å². The molecule has 7 heteroatoms. The zero-order valence-electron chi connectivity index (χ0n) is 9.78. The third-order valence-corrected chi connectivity index (χ3v) is 2.40. The van der Waals surface area contributed by atoms with E-state index in [1.54, 1.807) is 18.5 Å². The summed E-state index contributed by atoms with van der Waals surface area (Å²) in [6, 6.07) is 8.12. The van der Waals surface area contributed by atoms with E-state index < -0.39 is 4.92 Å². The molecule has 0 spiro atoms. The molecule has 0 fully saturated rings. The number of nitrogens with one attached hydrogen (secondary N) is 1. The number of hydrogen-bond donors (Lipinski definition) is 1. The zero-order valence-corrected chi connectivity index (χ0v) is 9.78. The number of nitriles is 1. The van der Waals surface area contributed by atoms with E-state index in [0.717, 1.165) is 5.56 Å². The Morgan fingerprint density at radius 1 is 1.32 bits per heavy atom. The van der Waals surface area contributed by atoms with E-state index in [-0.39, 0.29) is 11.4 Å². The molecule has 2 aromatic heterocycles. The Labute approximate surface area is 108 Å². The second-order valence-electron chi connectivity index (χ2n) is 3.64. The second kappa shape index (κ2) is 5.55. The standard InChI is InChI=1S/C12H9N5O2/c13-7-10-11(17(18)19)1-2-12(16-10)15-8-9-3-5-14-6-4-9/h1-6H,8H2,(H,15,16). The molecule has 0 aliphatic heterocycles. The van der Waals surface area contributed by atoms with Crippen LogP contribution in [-0.4, -0.2) is 14.9 Å². The first kappa shape index (κ1) is 12.4. The molecule has 0 aliphatic carbocycles. The first-order chi connectivity index (χ1) is 9.20. The molecular weight excluding hydrogens is 246 g/mol. The van der Waals surface area contributed by atoms with Crippen molar-refractivity contribution in [2.24, 2.45) is 0 Å². The Balaban J connectivity index is 2.14. The fraction of sp³-hybridized carbons (Fsp3) is 0.0833. The molecule has 0 saturated heterocycles. The summed E-state index contributed by atoms with van der Waals surface area (Å²) in [6.07, 6.45) is 3.34. The molecule has 0 saturated carbocycles. The topological polar surface area (TPSA) is 105 Å². The maximum Gasteiger partial charge on any atom is 0.305 e. The van der Waals surface area contributed by atoms with Crippen molar-refractivity contribution in [1.82, 2.24) is 9.97 Å². The molecule has 0 amide bonds. The highest BCUT2D eigenvalue weighted by atomic mass is 16.6. The van der Waals surface area contributed by atoms with Crippen LogP contribution in [0.15, 0.2) is 36.7 Å². The average molecular weight is 255 g/mol. The molecular formula is C12H9N5O2. The molecule has 0 bridgehead atoms. The van der Waals surface area contributed by atoms with Crippen molar-refractivity contribution in [3.8, 4) is 6.07 Å². The predicted octanol–water partition coefficient (Wildman–Crippen LogP) is 1.87. The normalized spacial score (nSPS) is 9.63. The molecule has 0 radical (unpaired) electrons. The number of nitrogens with zero attached hydrogens (tertiary/aromatic N) is 4. The van der Waals surface area contributed by atoms with Gasteiger partial charge in [0.05, 0.1) is 4.92 Å². The van der Waals surface area contributed by atoms with Crippen LogP contribution >= 0.6 is 0 Å². The maximum atomic E-state index is 10.7. The molecule has 94 valence electrons. The van der Waals surface area contributed by atoms with Crippen molar-refractivity contribution in [2.75, 3.05) is 5.32 Å². The molecule has 0 unspecified atom stereocenters. The van der Waals surface area contributed by atoms with Crippen LogP contribution < -0.4 is 5.32 Å². The van der Waals surface area contributed by atoms with Gasteiger partial charge in [0.2, 0.25) is 5.69 Å². The third kappa shape index (κ3) is 3.01. The molecule has 0 aliphatic rings. The van der Waals surface area contributed by atoms with Crippen LogP contribution in [0.25, 0.3) is 0 Å². The van der Waals surface area contributed by atoms with E-state index in [1.807, 2.05) is 12.1 Å². The van der Waals surface area contributed by atoms with E-state index in [0.29, 0.717) is 12.4 Å². The first-order valence-corrected chi connectivity index (χ1v) is 5.39. The van der Waals surface area contributed by atoms with Crippen molar-refractivity contribution in [2.45, 2.75) is 6.54 Å². The summed E-state index contributed by atoms with van der Waals surface area (Å²) in [5.41, 5.74) is 0.496. The quantitative estimate of drug-likeness (QED) is 0.660. The van der Waals surface area contributed by atoms with Crippen LogP contribution in [0.2, 0.25) is 0 Å². The lowest BCUT2D eigenvalue weighted by atomic mass is 10.2.